The fourth-order valence-corrected chi connectivity index (χ4v) is 3.54. The summed E-state index contributed by atoms with van der Waals surface area (Å²) >= 11 is 0. The lowest BCUT2D eigenvalue weighted by Crippen LogP contribution is -2.02. The summed E-state index contributed by atoms with van der Waals surface area (Å²) in [7, 11) is -3.82. The van der Waals surface area contributed by atoms with Gasteiger partial charge in [0.05, 0.1) is 13.2 Å². The van der Waals surface area contributed by atoms with Crippen molar-refractivity contribution in [3.8, 4) is 11.5 Å². The van der Waals surface area contributed by atoms with Crippen LogP contribution in [0.3, 0.4) is 0 Å². The van der Waals surface area contributed by atoms with Crippen molar-refractivity contribution in [2.45, 2.75) is 71.6 Å². The Hall–Kier alpha value is -1.10. The van der Waals surface area contributed by atoms with Crippen molar-refractivity contribution in [2.24, 2.45) is 0 Å². The molecule has 156 valence electrons. The topological polar surface area (TPSA) is 76.0 Å². The molecule has 27 heavy (non-hydrogen) atoms. The Kier molecular flexibility index (Phi) is 11.7. The molecule has 0 unspecified atom stereocenters. The predicted molar refractivity (Wildman–Crippen MR) is 106 cm³/mol. The van der Waals surface area contributed by atoms with Crippen LogP contribution in [0.15, 0.2) is 12.1 Å². The fraction of sp³-hybridized carbons (Fsp3) is 0.700. The summed E-state index contributed by atoms with van der Waals surface area (Å²) in [6.45, 7) is 4.58. The Morgan fingerprint density at radius 1 is 0.889 bits per heavy atom. The highest BCUT2D eigenvalue weighted by Crippen LogP contribution is 2.35. The molecule has 0 aliphatic heterocycles. The van der Waals surface area contributed by atoms with Crippen molar-refractivity contribution in [1.29, 1.82) is 0 Å². The Bertz CT molecular complexity index is 588. The molecule has 1 aromatic carbocycles. The Balaban J connectivity index is 2.03. The quantitative estimate of drug-likeness (QED) is 0.294. The first-order valence-electron chi connectivity index (χ1n) is 9.94. The van der Waals surface area contributed by atoms with Gasteiger partial charge in [-0.25, -0.2) is 4.39 Å². The largest absolute Gasteiger partial charge is 0.493 e. The van der Waals surface area contributed by atoms with Crippen molar-refractivity contribution < 1.29 is 28.2 Å². The molecule has 5 nitrogen and oxygen atoms in total. The van der Waals surface area contributed by atoms with Crippen LogP contribution in [0.5, 0.6) is 11.5 Å². The minimum absolute atomic E-state index is 0.00146. The first-order valence-corrected chi connectivity index (χ1v) is 11.7. The number of benzene rings is 1. The summed E-state index contributed by atoms with van der Waals surface area (Å²) in [5.74, 6) is 0.495. The number of rotatable bonds is 15. The number of hydrogen-bond donors (Lipinski definition) is 2. The molecule has 0 saturated heterocycles. The summed E-state index contributed by atoms with van der Waals surface area (Å²) < 4.78 is 35.8. The molecule has 1 aromatic rings. The van der Waals surface area contributed by atoms with Crippen LogP contribution in [0.2, 0.25) is 0 Å². The summed E-state index contributed by atoms with van der Waals surface area (Å²) in [6, 6.07) is 3.37. The Labute approximate surface area is 162 Å². The van der Waals surface area contributed by atoms with E-state index >= 15 is 0 Å². The van der Waals surface area contributed by atoms with E-state index in [-0.39, 0.29) is 17.7 Å². The average Bonchev–Trinajstić information content (AvgIpc) is 2.60. The summed E-state index contributed by atoms with van der Waals surface area (Å²) in [5.41, 5.74) is 0.482. The van der Waals surface area contributed by atoms with E-state index in [1.165, 1.54) is 0 Å². The third kappa shape index (κ3) is 10.7. The van der Waals surface area contributed by atoms with Gasteiger partial charge in [0.1, 0.15) is 5.75 Å². The van der Waals surface area contributed by atoms with E-state index in [0.29, 0.717) is 30.9 Å². The highest BCUT2D eigenvalue weighted by Gasteiger charge is 2.12. The molecule has 0 atom stereocenters. The molecule has 0 radical (unpaired) electrons. The molecule has 0 saturated carbocycles. The molecule has 0 fully saturated rings. The van der Waals surface area contributed by atoms with Crippen LogP contribution in [0, 0.1) is 12.7 Å². The van der Waals surface area contributed by atoms with Crippen LogP contribution in [-0.4, -0.2) is 29.2 Å². The summed E-state index contributed by atoms with van der Waals surface area (Å²) in [4.78, 5) is 17.5. The molecule has 2 N–H and O–H groups in total. The molecule has 0 aliphatic carbocycles. The normalized spacial score (nSPS) is 11.6. The van der Waals surface area contributed by atoms with E-state index < -0.39 is 7.60 Å². The molecular weight excluding hydrogens is 370 g/mol. The van der Waals surface area contributed by atoms with Gasteiger partial charge < -0.3 is 19.3 Å². The zero-order valence-electron chi connectivity index (χ0n) is 16.6. The second-order valence-corrected chi connectivity index (χ2v) is 8.63. The van der Waals surface area contributed by atoms with E-state index in [4.69, 9.17) is 19.3 Å². The maximum Gasteiger partial charge on any atom is 0.325 e. The fourth-order valence-electron chi connectivity index (χ4n) is 2.91. The maximum absolute atomic E-state index is 14.2. The Morgan fingerprint density at radius 3 is 1.96 bits per heavy atom. The molecule has 0 aromatic heterocycles. The summed E-state index contributed by atoms with van der Waals surface area (Å²) in [6.07, 6.45) is 8.98. The Morgan fingerprint density at radius 2 is 1.41 bits per heavy atom. The van der Waals surface area contributed by atoms with Crippen LogP contribution in [0.25, 0.3) is 0 Å². The number of ether oxygens (including phenoxy) is 2. The number of unbranched alkanes of at least 4 members (excludes halogenated alkanes) is 8. The minimum atomic E-state index is -3.82. The van der Waals surface area contributed by atoms with E-state index in [2.05, 4.69) is 0 Å². The minimum Gasteiger partial charge on any atom is -0.493 e. The van der Waals surface area contributed by atoms with E-state index in [1.54, 1.807) is 19.1 Å². The third-order valence-electron chi connectivity index (χ3n) is 4.45. The van der Waals surface area contributed by atoms with Crippen molar-refractivity contribution in [3.05, 3.63) is 23.5 Å². The van der Waals surface area contributed by atoms with Gasteiger partial charge in [-0.05, 0) is 38.8 Å². The van der Waals surface area contributed by atoms with E-state index in [9.17, 15) is 8.96 Å². The predicted octanol–water partition coefficient (Wildman–Crippen LogP) is 5.60. The number of halogens is 1. The van der Waals surface area contributed by atoms with Crippen molar-refractivity contribution >= 4 is 7.60 Å². The van der Waals surface area contributed by atoms with Gasteiger partial charge in [0.25, 0.3) is 0 Å². The van der Waals surface area contributed by atoms with Crippen LogP contribution >= 0.6 is 7.60 Å². The van der Waals surface area contributed by atoms with Crippen molar-refractivity contribution in [2.75, 3.05) is 19.4 Å². The monoisotopic (exact) mass is 404 g/mol. The van der Waals surface area contributed by atoms with E-state index in [1.807, 2.05) is 6.92 Å². The molecule has 1 rings (SSSR count). The third-order valence-corrected chi connectivity index (χ3v) is 5.35. The van der Waals surface area contributed by atoms with E-state index in [0.717, 1.165) is 51.4 Å². The smallest absolute Gasteiger partial charge is 0.325 e. The molecular formula is C20H34FO5P. The zero-order valence-corrected chi connectivity index (χ0v) is 17.5. The van der Waals surface area contributed by atoms with Crippen LogP contribution in [-0.2, 0) is 4.57 Å². The highest BCUT2D eigenvalue weighted by atomic mass is 31.2. The lowest BCUT2D eigenvalue weighted by atomic mass is 10.1. The SMILES string of the molecule is CCOc1ccc(OCCCCCCCCCCCP(=O)(O)O)c(F)c1C. The van der Waals surface area contributed by atoms with Gasteiger partial charge in [-0.15, -0.1) is 0 Å². The molecule has 0 aliphatic rings. The van der Waals surface area contributed by atoms with Gasteiger partial charge in [0.2, 0.25) is 0 Å². The molecule has 7 heteroatoms. The summed E-state index contributed by atoms with van der Waals surface area (Å²) in [5, 5.41) is 0. The zero-order chi connectivity index (χ0) is 20.1. The lowest BCUT2D eigenvalue weighted by Gasteiger charge is -2.12. The van der Waals surface area contributed by atoms with Crippen molar-refractivity contribution in [3.63, 3.8) is 0 Å². The standard InChI is InChI=1S/C20H34FO5P/c1-3-25-18-13-14-19(20(21)17(18)2)26-15-11-9-7-5-4-6-8-10-12-16-27(22,23)24/h13-14H,3-12,15-16H2,1-2H3,(H2,22,23,24). The second-order valence-electron chi connectivity index (χ2n) is 6.85. The van der Waals surface area contributed by atoms with Gasteiger partial charge in [-0.2, -0.15) is 0 Å². The van der Waals surface area contributed by atoms with Gasteiger partial charge >= 0.3 is 7.60 Å². The van der Waals surface area contributed by atoms with Gasteiger partial charge in [0.15, 0.2) is 11.6 Å². The van der Waals surface area contributed by atoms with Gasteiger partial charge in [0, 0.05) is 11.7 Å². The maximum atomic E-state index is 14.2. The lowest BCUT2D eigenvalue weighted by molar-refractivity contribution is 0.285. The van der Waals surface area contributed by atoms with Crippen LogP contribution < -0.4 is 9.47 Å². The van der Waals surface area contributed by atoms with Crippen molar-refractivity contribution in [1.82, 2.24) is 0 Å². The first kappa shape index (κ1) is 23.9. The highest BCUT2D eigenvalue weighted by molar-refractivity contribution is 7.51. The van der Waals surface area contributed by atoms with Gasteiger partial charge in [-0.3, -0.25) is 4.57 Å². The molecule has 0 amide bonds. The van der Waals surface area contributed by atoms with Crippen LogP contribution in [0.4, 0.5) is 4.39 Å². The molecule has 0 spiro atoms. The van der Waals surface area contributed by atoms with Gasteiger partial charge in [-0.1, -0.05) is 44.9 Å². The molecule has 0 bridgehead atoms. The number of hydrogen-bond acceptors (Lipinski definition) is 3. The first-order chi connectivity index (χ1) is 12.8. The average molecular weight is 404 g/mol. The second kappa shape index (κ2) is 13.1. The van der Waals surface area contributed by atoms with Crippen LogP contribution in [0.1, 0.15) is 70.3 Å². The molecule has 0 heterocycles.